The lowest BCUT2D eigenvalue weighted by atomic mass is 9.91. The van der Waals surface area contributed by atoms with E-state index in [0.717, 1.165) is 62.6 Å². The highest BCUT2D eigenvalue weighted by atomic mass is 16.5. The fourth-order valence-corrected chi connectivity index (χ4v) is 7.36. The third-order valence-corrected chi connectivity index (χ3v) is 10.8. The topological polar surface area (TPSA) is 141 Å². The summed E-state index contributed by atoms with van der Waals surface area (Å²) in [5.74, 6) is 0.322. The summed E-state index contributed by atoms with van der Waals surface area (Å²) < 4.78 is 34.3. The summed E-state index contributed by atoms with van der Waals surface area (Å²) in [4.78, 5) is 60.8. The minimum Gasteiger partial charge on any atom is -0.489 e. The van der Waals surface area contributed by atoms with Crippen molar-refractivity contribution >= 4 is 30.5 Å². The first-order valence-electron chi connectivity index (χ1n) is 21.0. The maximum atomic E-state index is 12.2. The van der Waals surface area contributed by atoms with Gasteiger partial charge in [0.2, 0.25) is 0 Å². The van der Waals surface area contributed by atoms with E-state index in [1.807, 2.05) is 30.3 Å². The first-order valence-corrected chi connectivity index (χ1v) is 21.0. The smallest absolute Gasteiger partial charge is 0.337 e. The molecule has 0 aliphatic rings. The van der Waals surface area contributed by atoms with Crippen LogP contribution in [-0.2, 0) is 46.9 Å². The monoisotopic (exact) mass is 882 g/mol. The van der Waals surface area contributed by atoms with Crippen molar-refractivity contribution < 1.29 is 52.4 Å². The van der Waals surface area contributed by atoms with Crippen molar-refractivity contribution in [3.05, 3.63) is 218 Å². The molecule has 0 saturated heterocycles. The molecule has 11 heteroatoms. The molecule has 0 saturated carbocycles. The molecular formula is C55H46O11. The van der Waals surface area contributed by atoms with Crippen LogP contribution in [0.4, 0.5) is 0 Å². The maximum Gasteiger partial charge on any atom is 0.337 e. The molecule has 0 bridgehead atoms. The highest BCUT2D eigenvalue weighted by Gasteiger charge is 2.20. The number of rotatable bonds is 19. The van der Waals surface area contributed by atoms with Gasteiger partial charge in [0.05, 0.1) is 38.0 Å². The van der Waals surface area contributed by atoms with Crippen molar-refractivity contribution in [3.8, 4) is 28.4 Å². The molecule has 332 valence electrons. The molecule has 0 aromatic heterocycles. The average Bonchev–Trinajstić information content (AvgIpc) is 3.37. The van der Waals surface area contributed by atoms with E-state index in [9.17, 15) is 24.0 Å². The van der Waals surface area contributed by atoms with Gasteiger partial charge in [0, 0.05) is 24.0 Å². The van der Waals surface area contributed by atoms with Crippen LogP contribution in [0.5, 0.6) is 17.2 Å². The van der Waals surface area contributed by atoms with Gasteiger partial charge < -0.3 is 28.4 Å². The molecule has 0 amide bonds. The lowest BCUT2D eigenvalue weighted by molar-refractivity contribution is 0.0592. The quantitative estimate of drug-likeness (QED) is 0.0435. The third-order valence-electron chi connectivity index (χ3n) is 10.8. The van der Waals surface area contributed by atoms with E-state index in [1.54, 1.807) is 109 Å². The summed E-state index contributed by atoms with van der Waals surface area (Å²) in [5.41, 5.74) is 9.44. The Morgan fingerprint density at radius 2 is 0.788 bits per heavy atom. The Labute approximate surface area is 382 Å². The van der Waals surface area contributed by atoms with E-state index in [1.165, 1.54) is 21.3 Å². The zero-order chi connectivity index (χ0) is 46.4. The van der Waals surface area contributed by atoms with Gasteiger partial charge in [-0.2, -0.15) is 0 Å². The molecule has 0 radical (unpaired) electrons. The van der Waals surface area contributed by atoms with Gasteiger partial charge in [-0.1, -0.05) is 66.7 Å². The van der Waals surface area contributed by atoms with Crippen LogP contribution in [0.3, 0.4) is 0 Å². The van der Waals surface area contributed by atoms with Gasteiger partial charge in [0.15, 0.2) is 0 Å². The molecule has 0 unspecified atom stereocenters. The minimum atomic E-state index is -0.453. The predicted octanol–water partition coefficient (Wildman–Crippen LogP) is 10.3. The number of carbonyl (C=O) groups is 5. The van der Waals surface area contributed by atoms with Crippen LogP contribution in [0.1, 0.15) is 90.7 Å². The van der Waals surface area contributed by atoms with Gasteiger partial charge in [0.25, 0.3) is 0 Å². The van der Waals surface area contributed by atoms with Crippen molar-refractivity contribution in [2.45, 2.75) is 32.7 Å². The van der Waals surface area contributed by atoms with Gasteiger partial charge in [-0.3, -0.25) is 9.59 Å². The summed E-state index contributed by atoms with van der Waals surface area (Å²) in [6, 6.07) is 45.4. The minimum absolute atomic E-state index is 0.130. The predicted molar refractivity (Wildman–Crippen MR) is 247 cm³/mol. The number of methoxy groups -OCH3 is 3. The molecule has 0 aliphatic heterocycles. The second-order valence-corrected chi connectivity index (χ2v) is 15.2. The number of ether oxygens (including phenoxy) is 6. The van der Waals surface area contributed by atoms with Crippen LogP contribution in [-0.4, -0.2) is 51.8 Å². The molecular weight excluding hydrogens is 837 g/mol. The first-order chi connectivity index (χ1) is 32.2. The second-order valence-electron chi connectivity index (χ2n) is 15.2. The molecule has 0 fully saturated rings. The Kier molecular flexibility index (Phi) is 15.1. The lowest BCUT2D eigenvalue weighted by Gasteiger charge is -2.21. The molecule has 7 aromatic carbocycles. The van der Waals surface area contributed by atoms with Crippen LogP contribution in [0.15, 0.2) is 152 Å². The Balaban J connectivity index is 1.30. The number of esters is 3. The van der Waals surface area contributed by atoms with Crippen molar-refractivity contribution in [1.29, 1.82) is 0 Å². The van der Waals surface area contributed by atoms with E-state index >= 15 is 0 Å². The van der Waals surface area contributed by atoms with E-state index in [-0.39, 0.29) is 32.7 Å². The number of aldehydes is 2. The summed E-state index contributed by atoms with van der Waals surface area (Å²) >= 11 is 0. The molecule has 7 aromatic rings. The fourth-order valence-electron chi connectivity index (χ4n) is 7.36. The van der Waals surface area contributed by atoms with Crippen LogP contribution < -0.4 is 14.2 Å². The largest absolute Gasteiger partial charge is 0.489 e. The zero-order valence-corrected chi connectivity index (χ0v) is 36.6. The van der Waals surface area contributed by atoms with Crippen molar-refractivity contribution in [3.63, 3.8) is 0 Å². The molecule has 66 heavy (non-hydrogen) atoms. The van der Waals surface area contributed by atoms with Crippen molar-refractivity contribution in [1.82, 2.24) is 0 Å². The fraction of sp³-hybridized carbons (Fsp3) is 0.145. The highest BCUT2D eigenvalue weighted by Crippen LogP contribution is 2.38. The first kappa shape index (κ1) is 45.7. The number of hydrogen-bond donors (Lipinski definition) is 0. The Hall–Kier alpha value is -8.31. The van der Waals surface area contributed by atoms with E-state index in [0.29, 0.717) is 45.1 Å². The SMILES string of the molecule is COC(=O)c1ccc(COc2ccc(C=O)cc2Cc2cc(-c3ccccc3)cc(Cc3cc(C=O)ccc3OCc3ccc(C(=O)OC)cc3)c2OCc2ccc(C(=O)OC)cc2)cc1. The Morgan fingerprint density at radius 1 is 0.409 bits per heavy atom. The summed E-state index contributed by atoms with van der Waals surface area (Å²) in [7, 11) is 3.99. The van der Waals surface area contributed by atoms with Crippen molar-refractivity contribution in [2.24, 2.45) is 0 Å². The van der Waals surface area contributed by atoms with Gasteiger partial charge >= 0.3 is 17.9 Å². The van der Waals surface area contributed by atoms with Crippen LogP contribution in [0.2, 0.25) is 0 Å². The maximum absolute atomic E-state index is 12.2. The Bertz CT molecular complexity index is 2690. The van der Waals surface area contributed by atoms with E-state index < -0.39 is 17.9 Å². The molecule has 0 atom stereocenters. The van der Waals surface area contributed by atoms with Gasteiger partial charge in [-0.05, 0) is 135 Å². The average molecular weight is 883 g/mol. The molecule has 0 heterocycles. The van der Waals surface area contributed by atoms with Crippen LogP contribution in [0, 0.1) is 0 Å². The number of hydrogen-bond acceptors (Lipinski definition) is 11. The van der Waals surface area contributed by atoms with E-state index in [4.69, 9.17) is 28.4 Å². The Morgan fingerprint density at radius 3 is 1.15 bits per heavy atom. The number of carbonyl (C=O) groups excluding carboxylic acids is 5. The zero-order valence-electron chi connectivity index (χ0n) is 36.6. The summed E-state index contributed by atoms with van der Waals surface area (Å²) in [6.07, 6.45) is 2.13. The molecule has 7 rings (SSSR count). The molecule has 11 nitrogen and oxygen atoms in total. The van der Waals surface area contributed by atoms with Gasteiger partial charge in [0.1, 0.15) is 49.6 Å². The van der Waals surface area contributed by atoms with Gasteiger partial charge in [-0.25, -0.2) is 14.4 Å². The van der Waals surface area contributed by atoms with Crippen LogP contribution in [0.25, 0.3) is 11.1 Å². The highest BCUT2D eigenvalue weighted by molar-refractivity contribution is 5.90. The number of benzene rings is 7. The van der Waals surface area contributed by atoms with Crippen molar-refractivity contribution in [2.75, 3.05) is 21.3 Å². The summed E-state index contributed by atoms with van der Waals surface area (Å²) in [5, 5.41) is 0. The lowest BCUT2D eigenvalue weighted by Crippen LogP contribution is -2.07. The third kappa shape index (κ3) is 11.4. The molecule has 0 spiro atoms. The second kappa shape index (κ2) is 21.9. The molecule has 0 aliphatic carbocycles. The summed E-state index contributed by atoms with van der Waals surface area (Å²) in [6.45, 7) is 0.492. The standard InChI is InChI=1S/C55H46O11/c1-61-53(58)42-17-9-36(10-18-42)33-64-50-23-15-39(31-56)25-46(50)29-48-27-45(41-7-5-4-6-8-41)28-49(52(48)66-35-38-13-21-44(22-14-38)55(60)63-3)30-47-26-40(32-57)16-24-51(47)65-34-37-11-19-43(20-12-37)54(59)62-2/h4-28,31-32H,29-30,33-35H2,1-3H3. The van der Waals surface area contributed by atoms with E-state index in [2.05, 4.69) is 12.1 Å². The van der Waals surface area contributed by atoms with Crippen LogP contribution >= 0.6 is 0 Å². The normalized spacial score (nSPS) is 10.7. The molecule has 0 N–H and O–H groups in total. The van der Waals surface area contributed by atoms with Gasteiger partial charge in [-0.15, -0.1) is 0 Å².